The quantitative estimate of drug-likeness (QED) is 0.590. The Hall–Kier alpha value is -2.99. The Morgan fingerprint density at radius 3 is 2.69 bits per heavy atom. The fourth-order valence-corrected chi connectivity index (χ4v) is 3.73. The highest BCUT2D eigenvalue weighted by Crippen LogP contribution is 2.29. The molecule has 29 heavy (non-hydrogen) atoms. The monoisotopic (exact) mass is 410 g/mol. The van der Waals surface area contributed by atoms with Crippen molar-refractivity contribution in [3.8, 4) is 11.3 Å². The third-order valence-electron chi connectivity index (χ3n) is 4.98. The van der Waals surface area contributed by atoms with Gasteiger partial charge in [-0.05, 0) is 42.3 Å². The van der Waals surface area contributed by atoms with Gasteiger partial charge in [0.25, 0.3) is 5.91 Å². The number of carbonyl (C=O) groups is 1. The Labute approximate surface area is 173 Å². The van der Waals surface area contributed by atoms with Crippen molar-refractivity contribution in [1.82, 2.24) is 14.7 Å². The number of rotatable bonds is 4. The highest BCUT2D eigenvalue weighted by molar-refractivity contribution is 6.30. The molecule has 0 saturated heterocycles. The van der Waals surface area contributed by atoms with E-state index in [0.717, 1.165) is 11.1 Å². The lowest BCUT2D eigenvalue weighted by molar-refractivity contribution is 0.0651. The number of nitrogens with zero attached hydrogens (tertiary/aromatic N) is 4. The second-order valence-electron chi connectivity index (χ2n) is 7.15. The standard InChI is InChI=1S/C22H20ClFN4O/c1-14-12-27(13-16-5-3-15(4-6-16)11-25-2)22(29)21-10-20(26-28(14)21)18-8-7-17(23)9-19(18)24/h3-11,14H,12-13H2,1-2H3/t14-/m0/s1. The summed E-state index contributed by atoms with van der Waals surface area (Å²) in [5.74, 6) is -0.573. The molecule has 1 amide bonds. The van der Waals surface area contributed by atoms with Crippen LogP contribution in [0.4, 0.5) is 4.39 Å². The summed E-state index contributed by atoms with van der Waals surface area (Å²) in [6, 6.07) is 14.0. The first kappa shape index (κ1) is 19.3. The summed E-state index contributed by atoms with van der Waals surface area (Å²) in [4.78, 5) is 18.9. The lowest BCUT2D eigenvalue weighted by atomic mass is 10.1. The van der Waals surface area contributed by atoms with E-state index in [1.165, 1.54) is 6.07 Å². The van der Waals surface area contributed by atoms with Crippen LogP contribution in [0.25, 0.3) is 11.3 Å². The average molecular weight is 411 g/mol. The van der Waals surface area contributed by atoms with Crippen molar-refractivity contribution < 1.29 is 9.18 Å². The van der Waals surface area contributed by atoms with Crippen molar-refractivity contribution in [2.24, 2.45) is 4.99 Å². The molecule has 148 valence electrons. The van der Waals surface area contributed by atoms with Crippen LogP contribution in [0.15, 0.2) is 53.5 Å². The van der Waals surface area contributed by atoms with Gasteiger partial charge in [0.05, 0.1) is 11.7 Å². The molecule has 0 fully saturated rings. The van der Waals surface area contributed by atoms with Crippen molar-refractivity contribution in [3.05, 3.63) is 76.2 Å². The number of aliphatic imine (C=N–C) groups is 1. The van der Waals surface area contributed by atoms with Crippen LogP contribution in [0.5, 0.6) is 0 Å². The van der Waals surface area contributed by atoms with E-state index in [0.29, 0.717) is 35.1 Å². The van der Waals surface area contributed by atoms with Crippen molar-refractivity contribution in [2.45, 2.75) is 19.5 Å². The predicted molar refractivity (Wildman–Crippen MR) is 112 cm³/mol. The number of amides is 1. The minimum absolute atomic E-state index is 0.0155. The van der Waals surface area contributed by atoms with Crippen LogP contribution >= 0.6 is 11.6 Å². The molecule has 3 aromatic rings. The van der Waals surface area contributed by atoms with E-state index in [1.807, 2.05) is 31.2 Å². The van der Waals surface area contributed by atoms with E-state index in [-0.39, 0.29) is 11.9 Å². The molecule has 0 radical (unpaired) electrons. The Morgan fingerprint density at radius 2 is 2.00 bits per heavy atom. The summed E-state index contributed by atoms with van der Waals surface area (Å²) in [7, 11) is 1.73. The maximum absolute atomic E-state index is 14.3. The van der Waals surface area contributed by atoms with Gasteiger partial charge in [0.1, 0.15) is 11.5 Å². The second kappa shape index (κ2) is 7.79. The third kappa shape index (κ3) is 3.80. The SMILES string of the molecule is CN=Cc1ccc(CN2C[C@H](C)n3nc(-c4ccc(Cl)cc4F)cc3C2=O)cc1. The summed E-state index contributed by atoms with van der Waals surface area (Å²) in [5.41, 5.74) is 3.27. The summed E-state index contributed by atoms with van der Waals surface area (Å²) in [6.07, 6.45) is 1.79. The van der Waals surface area contributed by atoms with E-state index < -0.39 is 5.82 Å². The highest BCUT2D eigenvalue weighted by Gasteiger charge is 2.31. The first-order valence-corrected chi connectivity index (χ1v) is 9.69. The van der Waals surface area contributed by atoms with E-state index in [2.05, 4.69) is 10.1 Å². The second-order valence-corrected chi connectivity index (χ2v) is 7.58. The molecule has 0 bridgehead atoms. The van der Waals surface area contributed by atoms with E-state index >= 15 is 0 Å². The van der Waals surface area contributed by atoms with Gasteiger partial charge in [-0.2, -0.15) is 5.10 Å². The molecule has 0 N–H and O–H groups in total. The zero-order chi connectivity index (χ0) is 20.5. The van der Waals surface area contributed by atoms with Gasteiger partial charge < -0.3 is 4.90 Å². The summed E-state index contributed by atoms with van der Waals surface area (Å²) >= 11 is 5.84. The topological polar surface area (TPSA) is 50.5 Å². The van der Waals surface area contributed by atoms with Crippen molar-refractivity contribution in [3.63, 3.8) is 0 Å². The number of aromatic nitrogens is 2. The van der Waals surface area contributed by atoms with E-state index in [1.54, 1.807) is 41.0 Å². The Balaban J connectivity index is 1.60. The molecule has 4 rings (SSSR count). The summed E-state index contributed by atoms with van der Waals surface area (Å²) in [6.45, 7) is 3.04. The van der Waals surface area contributed by atoms with Crippen molar-refractivity contribution in [1.29, 1.82) is 0 Å². The number of halogens is 2. The van der Waals surface area contributed by atoms with Crippen LogP contribution in [0.2, 0.25) is 5.02 Å². The highest BCUT2D eigenvalue weighted by atomic mass is 35.5. The van der Waals surface area contributed by atoms with Crippen molar-refractivity contribution in [2.75, 3.05) is 13.6 Å². The fourth-order valence-electron chi connectivity index (χ4n) is 3.58. The Bertz CT molecular complexity index is 1090. The molecule has 1 atom stereocenters. The molecule has 0 spiro atoms. The molecule has 0 unspecified atom stereocenters. The number of fused-ring (bicyclic) bond motifs is 1. The number of benzene rings is 2. The minimum atomic E-state index is -0.458. The maximum Gasteiger partial charge on any atom is 0.272 e. The van der Waals surface area contributed by atoms with Crippen LogP contribution in [0.1, 0.15) is 34.6 Å². The predicted octanol–water partition coefficient (Wildman–Crippen LogP) is 4.61. The van der Waals surface area contributed by atoms with Crippen LogP contribution < -0.4 is 0 Å². The van der Waals surface area contributed by atoms with Gasteiger partial charge >= 0.3 is 0 Å². The summed E-state index contributed by atoms with van der Waals surface area (Å²) < 4.78 is 16.0. The molecule has 2 heterocycles. The largest absolute Gasteiger partial charge is 0.331 e. The fraction of sp³-hybridized carbons (Fsp3) is 0.227. The van der Waals surface area contributed by atoms with Gasteiger partial charge in [-0.15, -0.1) is 0 Å². The van der Waals surface area contributed by atoms with Crippen LogP contribution in [-0.2, 0) is 6.54 Å². The lowest BCUT2D eigenvalue weighted by Crippen LogP contribution is -2.41. The van der Waals surface area contributed by atoms with Gasteiger partial charge in [0.2, 0.25) is 0 Å². The van der Waals surface area contributed by atoms with Gasteiger partial charge in [0, 0.05) is 36.9 Å². The first-order valence-electron chi connectivity index (χ1n) is 9.31. The van der Waals surface area contributed by atoms with E-state index in [4.69, 9.17) is 11.6 Å². The van der Waals surface area contributed by atoms with Crippen LogP contribution in [-0.4, -0.2) is 40.4 Å². The first-order chi connectivity index (χ1) is 14.0. The lowest BCUT2D eigenvalue weighted by Gasteiger charge is -2.31. The minimum Gasteiger partial charge on any atom is -0.331 e. The Kier molecular flexibility index (Phi) is 5.20. The molecular weight excluding hydrogens is 391 g/mol. The number of hydrogen-bond donors (Lipinski definition) is 0. The number of carbonyl (C=O) groups excluding carboxylic acids is 1. The van der Waals surface area contributed by atoms with Crippen LogP contribution in [0.3, 0.4) is 0 Å². The molecular formula is C22H20ClFN4O. The zero-order valence-corrected chi connectivity index (χ0v) is 16.9. The molecule has 1 aliphatic heterocycles. The van der Waals surface area contributed by atoms with Gasteiger partial charge in [-0.3, -0.25) is 14.5 Å². The normalized spacial score (nSPS) is 16.5. The van der Waals surface area contributed by atoms with Crippen LogP contribution in [0, 0.1) is 5.82 Å². The Morgan fingerprint density at radius 1 is 1.24 bits per heavy atom. The smallest absolute Gasteiger partial charge is 0.272 e. The zero-order valence-electron chi connectivity index (χ0n) is 16.1. The number of hydrogen-bond acceptors (Lipinski definition) is 3. The molecule has 1 aromatic heterocycles. The van der Waals surface area contributed by atoms with Crippen molar-refractivity contribution >= 4 is 23.7 Å². The molecule has 7 heteroatoms. The molecule has 5 nitrogen and oxygen atoms in total. The maximum atomic E-state index is 14.3. The summed E-state index contributed by atoms with van der Waals surface area (Å²) in [5, 5.41) is 4.81. The van der Waals surface area contributed by atoms with E-state index in [9.17, 15) is 9.18 Å². The van der Waals surface area contributed by atoms with Gasteiger partial charge in [-0.25, -0.2) is 4.39 Å². The average Bonchev–Trinajstić information content (AvgIpc) is 3.13. The third-order valence-corrected chi connectivity index (χ3v) is 5.22. The van der Waals surface area contributed by atoms with Gasteiger partial charge in [-0.1, -0.05) is 35.9 Å². The molecule has 0 aliphatic carbocycles. The van der Waals surface area contributed by atoms with Gasteiger partial charge in [0.15, 0.2) is 0 Å². The molecule has 2 aromatic carbocycles. The molecule has 0 saturated carbocycles. The molecule has 1 aliphatic rings.